The van der Waals surface area contributed by atoms with Crippen molar-refractivity contribution in [1.29, 1.82) is 0 Å². The van der Waals surface area contributed by atoms with Gasteiger partial charge in [0.1, 0.15) is 17.6 Å². The summed E-state index contributed by atoms with van der Waals surface area (Å²) in [7, 11) is 0. The lowest BCUT2D eigenvalue weighted by molar-refractivity contribution is 0.0297. The minimum atomic E-state index is -0.494. The Kier molecular flexibility index (Phi) is 2.99. The molecular formula is C12H13NO4. The highest BCUT2D eigenvalue weighted by molar-refractivity contribution is 5.86. The number of hydrogen-bond donors (Lipinski definition) is 0. The highest BCUT2D eigenvalue weighted by Crippen LogP contribution is 2.21. The van der Waals surface area contributed by atoms with Gasteiger partial charge in [-0.3, -0.25) is 0 Å². The molecule has 2 heterocycles. The number of carbonyl (C=O) groups is 1. The van der Waals surface area contributed by atoms with Crippen LogP contribution in [0.5, 0.6) is 0 Å². The summed E-state index contributed by atoms with van der Waals surface area (Å²) < 4.78 is 15.3. The smallest absolute Gasteiger partial charge is 0.374 e. The van der Waals surface area contributed by atoms with Crippen molar-refractivity contribution in [2.24, 2.45) is 0 Å². The number of hydrogen-bond acceptors (Lipinski definition) is 5. The van der Waals surface area contributed by atoms with Crippen LogP contribution in [0.2, 0.25) is 0 Å². The number of ether oxygens (including phenoxy) is 1. The van der Waals surface area contributed by atoms with Gasteiger partial charge < -0.3 is 13.7 Å². The molecule has 0 aromatic carbocycles. The summed E-state index contributed by atoms with van der Waals surface area (Å²) in [6.45, 7) is 5.29. The number of nitrogens with zero attached hydrogens (tertiary/aromatic N) is 1. The first-order chi connectivity index (χ1) is 8.08. The van der Waals surface area contributed by atoms with E-state index in [0.717, 1.165) is 5.56 Å². The molecule has 0 aliphatic rings. The van der Waals surface area contributed by atoms with Gasteiger partial charge in [-0.1, -0.05) is 5.16 Å². The van der Waals surface area contributed by atoms with Crippen LogP contribution < -0.4 is 0 Å². The van der Waals surface area contributed by atoms with E-state index < -0.39 is 12.1 Å². The molecule has 0 saturated carbocycles. The van der Waals surface area contributed by atoms with Crippen LogP contribution in [0.4, 0.5) is 0 Å². The van der Waals surface area contributed by atoms with E-state index in [9.17, 15) is 4.79 Å². The van der Waals surface area contributed by atoms with Crippen molar-refractivity contribution in [3.8, 4) is 0 Å². The van der Waals surface area contributed by atoms with Crippen molar-refractivity contribution in [3.05, 3.63) is 41.2 Å². The number of aromatic nitrogens is 1. The second kappa shape index (κ2) is 4.45. The van der Waals surface area contributed by atoms with Crippen molar-refractivity contribution in [3.63, 3.8) is 0 Å². The minimum absolute atomic E-state index is 0.198. The summed E-state index contributed by atoms with van der Waals surface area (Å²) >= 11 is 0. The zero-order valence-corrected chi connectivity index (χ0v) is 9.89. The topological polar surface area (TPSA) is 65.5 Å². The summed E-state index contributed by atoms with van der Waals surface area (Å²) in [5, 5.41) is 3.64. The quantitative estimate of drug-likeness (QED) is 0.765. The van der Waals surface area contributed by atoms with E-state index in [1.165, 1.54) is 0 Å². The second-order valence-corrected chi connectivity index (χ2v) is 3.80. The molecule has 0 bridgehead atoms. The average Bonchev–Trinajstić information content (AvgIpc) is 2.86. The normalized spacial score (nSPS) is 12.4. The molecular weight excluding hydrogens is 222 g/mol. The van der Waals surface area contributed by atoms with Crippen LogP contribution in [0, 0.1) is 13.8 Å². The molecule has 0 N–H and O–H groups in total. The molecule has 0 saturated heterocycles. The Morgan fingerprint density at radius 3 is 2.71 bits per heavy atom. The van der Waals surface area contributed by atoms with E-state index >= 15 is 0 Å². The van der Waals surface area contributed by atoms with E-state index in [4.69, 9.17) is 13.7 Å². The Balaban J connectivity index is 2.07. The van der Waals surface area contributed by atoms with Crippen LogP contribution in [0.3, 0.4) is 0 Å². The van der Waals surface area contributed by atoms with E-state index in [2.05, 4.69) is 5.16 Å². The van der Waals surface area contributed by atoms with E-state index in [1.807, 2.05) is 0 Å². The van der Waals surface area contributed by atoms with Crippen LogP contribution >= 0.6 is 0 Å². The summed E-state index contributed by atoms with van der Waals surface area (Å²) in [6.07, 6.45) is 1.12. The Hall–Kier alpha value is -2.04. The van der Waals surface area contributed by atoms with Crippen molar-refractivity contribution in [2.45, 2.75) is 26.9 Å². The maximum absolute atomic E-state index is 11.7. The molecule has 5 heteroatoms. The fraction of sp³-hybridized carbons (Fsp3) is 0.333. The van der Waals surface area contributed by atoms with Crippen LogP contribution in [0.15, 0.2) is 27.3 Å². The zero-order valence-electron chi connectivity index (χ0n) is 9.89. The fourth-order valence-electron chi connectivity index (χ4n) is 1.52. The molecule has 5 nitrogen and oxygen atoms in total. The van der Waals surface area contributed by atoms with Gasteiger partial charge >= 0.3 is 5.97 Å². The molecule has 0 radical (unpaired) electrons. The Bertz CT molecular complexity index is 526. The van der Waals surface area contributed by atoms with Crippen molar-refractivity contribution in [1.82, 2.24) is 5.16 Å². The third-order valence-corrected chi connectivity index (χ3v) is 2.45. The van der Waals surface area contributed by atoms with Gasteiger partial charge in [0.05, 0.1) is 11.8 Å². The predicted molar refractivity (Wildman–Crippen MR) is 58.5 cm³/mol. The number of carbonyl (C=O) groups excluding carboxylic acids is 1. The van der Waals surface area contributed by atoms with Gasteiger partial charge in [0, 0.05) is 0 Å². The minimum Gasteiger partial charge on any atom is -0.454 e. The highest BCUT2D eigenvalue weighted by atomic mass is 16.6. The third kappa shape index (κ3) is 2.38. The SMILES string of the molecule is Cc1ccc(C(=O)O[C@H](C)c2cnoc2C)o1. The van der Waals surface area contributed by atoms with Crippen LogP contribution in [-0.4, -0.2) is 11.1 Å². The molecule has 17 heavy (non-hydrogen) atoms. The summed E-state index contributed by atoms with van der Waals surface area (Å²) in [5.41, 5.74) is 0.752. The number of rotatable bonds is 3. The molecule has 1 atom stereocenters. The monoisotopic (exact) mass is 235 g/mol. The number of aryl methyl sites for hydroxylation is 2. The lowest BCUT2D eigenvalue weighted by Gasteiger charge is -2.10. The maximum Gasteiger partial charge on any atom is 0.374 e. The largest absolute Gasteiger partial charge is 0.454 e. The number of furan rings is 1. The van der Waals surface area contributed by atoms with Gasteiger partial charge in [-0.05, 0) is 32.9 Å². The van der Waals surface area contributed by atoms with Gasteiger partial charge in [0.2, 0.25) is 5.76 Å². The second-order valence-electron chi connectivity index (χ2n) is 3.80. The molecule has 0 aliphatic carbocycles. The molecule has 0 amide bonds. The van der Waals surface area contributed by atoms with Crippen molar-refractivity contribution in [2.75, 3.05) is 0 Å². The maximum atomic E-state index is 11.7. The van der Waals surface area contributed by atoms with Crippen LogP contribution in [-0.2, 0) is 4.74 Å². The van der Waals surface area contributed by atoms with Crippen LogP contribution in [0.1, 0.15) is 40.7 Å². The summed E-state index contributed by atoms with van der Waals surface area (Å²) in [5.74, 6) is 1.02. The molecule has 2 aromatic heterocycles. The third-order valence-electron chi connectivity index (χ3n) is 2.45. The van der Waals surface area contributed by atoms with Crippen molar-refractivity contribution >= 4 is 5.97 Å². The van der Waals surface area contributed by atoms with Gasteiger partial charge in [-0.2, -0.15) is 0 Å². The fourth-order valence-corrected chi connectivity index (χ4v) is 1.52. The van der Waals surface area contributed by atoms with Gasteiger partial charge in [0.15, 0.2) is 0 Å². The summed E-state index contributed by atoms with van der Waals surface area (Å²) in [4.78, 5) is 11.7. The van der Waals surface area contributed by atoms with E-state index in [0.29, 0.717) is 11.5 Å². The van der Waals surface area contributed by atoms with Gasteiger partial charge in [0.25, 0.3) is 0 Å². The van der Waals surface area contributed by atoms with Gasteiger partial charge in [-0.15, -0.1) is 0 Å². The molecule has 2 aromatic rings. The molecule has 2 rings (SSSR count). The number of esters is 1. The first kappa shape index (κ1) is 11.4. The van der Waals surface area contributed by atoms with E-state index in [-0.39, 0.29) is 5.76 Å². The predicted octanol–water partition coefficient (Wildman–Crippen LogP) is 2.80. The van der Waals surface area contributed by atoms with Crippen LogP contribution in [0.25, 0.3) is 0 Å². The Morgan fingerprint density at radius 2 is 2.18 bits per heavy atom. The molecule has 0 spiro atoms. The van der Waals surface area contributed by atoms with Gasteiger partial charge in [-0.25, -0.2) is 4.79 Å². The lowest BCUT2D eigenvalue weighted by atomic mass is 10.2. The average molecular weight is 235 g/mol. The summed E-state index contributed by atoms with van der Waals surface area (Å²) in [6, 6.07) is 3.30. The standard InChI is InChI=1S/C12H13NO4/c1-7-4-5-11(15-7)12(14)16-8(2)10-6-13-17-9(10)3/h4-6,8H,1-3H3/t8-/m1/s1. The Labute approximate surface area is 98.3 Å². The first-order valence-corrected chi connectivity index (χ1v) is 5.26. The Morgan fingerprint density at radius 1 is 1.41 bits per heavy atom. The molecule has 90 valence electrons. The lowest BCUT2D eigenvalue weighted by Crippen LogP contribution is -2.08. The molecule has 0 aliphatic heterocycles. The molecule has 0 fully saturated rings. The van der Waals surface area contributed by atoms with E-state index in [1.54, 1.807) is 39.1 Å². The molecule has 0 unspecified atom stereocenters. The zero-order chi connectivity index (χ0) is 12.4. The van der Waals surface area contributed by atoms with Crippen molar-refractivity contribution < 1.29 is 18.5 Å². The highest BCUT2D eigenvalue weighted by Gasteiger charge is 2.19. The first-order valence-electron chi connectivity index (χ1n) is 5.26.